The first-order valence-corrected chi connectivity index (χ1v) is 3.52. The summed E-state index contributed by atoms with van der Waals surface area (Å²) in [5.41, 5.74) is 5.05. The lowest BCUT2D eigenvalue weighted by atomic mass is 10.3. The van der Waals surface area contributed by atoms with E-state index in [2.05, 4.69) is 17.9 Å². The molecule has 0 rings (SSSR count). The first-order chi connectivity index (χ1) is 4.31. The molecule has 1 amide bonds. The second-order valence-electron chi connectivity index (χ2n) is 1.63. The third-order valence-corrected chi connectivity index (χ3v) is 1.18. The smallest absolute Gasteiger partial charge is 0.221 e. The summed E-state index contributed by atoms with van der Waals surface area (Å²) in [4.78, 5) is 10.6. The molecule has 3 N–H and O–H groups in total. The molecule has 0 saturated heterocycles. The van der Waals surface area contributed by atoms with Gasteiger partial charge in [0.2, 0.25) is 5.91 Å². The van der Waals surface area contributed by atoms with E-state index >= 15 is 0 Å². The third kappa shape index (κ3) is 5.65. The highest BCUT2D eigenvalue weighted by Crippen LogP contribution is 1.89. The summed E-state index contributed by atoms with van der Waals surface area (Å²) in [7, 11) is 0. The molecule has 0 aliphatic heterocycles. The first-order valence-electron chi connectivity index (χ1n) is 2.89. The summed E-state index contributed by atoms with van der Waals surface area (Å²) in [6, 6.07) is 0. The van der Waals surface area contributed by atoms with Crippen LogP contribution in [0.3, 0.4) is 0 Å². The molecule has 0 saturated carbocycles. The van der Waals surface area contributed by atoms with Gasteiger partial charge < -0.3 is 11.1 Å². The molecular formula is C5H12N2OS. The van der Waals surface area contributed by atoms with E-state index in [1.54, 1.807) is 0 Å². The fourth-order valence-electron chi connectivity index (χ4n) is 0.442. The molecule has 0 aromatic heterocycles. The van der Waals surface area contributed by atoms with E-state index in [0.29, 0.717) is 6.42 Å². The van der Waals surface area contributed by atoms with Crippen molar-refractivity contribution in [2.45, 2.75) is 12.8 Å². The molecule has 0 heterocycles. The Morgan fingerprint density at radius 1 is 1.67 bits per heavy atom. The molecule has 0 aromatic rings. The highest BCUT2D eigenvalue weighted by molar-refractivity contribution is 7.80. The Bertz CT molecular complexity index is 87.0. The van der Waals surface area contributed by atoms with Gasteiger partial charge in [-0.25, -0.2) is 0 Å². The van der Waals surface area contributed by atoms with E-state index in [1.165, 1.54) is 0 Å². The van der Waals surface area contributed by atoms with Gasteiger partial charge >= 0.3 is 0 Å². The minimum absolute atomic E-state index is 0.00606. The highest BCUT2D eigenvalue weighted by atomic mass is 32.1. The van der Waals surface area contributed by atoms with E-state index in [0.717, 1.165) is 12.2 Å². The Hall–Kier alpha value is -0.220. The maximum atomic E-state index is 10.6. The maximum absolute atomic E-state index is 10.6. The second kappa shape index (κ2) is 5.91. The van der Waals surface area contributed by atoms with Crippen LogP contribution < -0.4 is 11.1 Å². The van der Waals surface area contributed by atoms with Crippen LogP contribution in [-0.4, -0.2) is 18.3 Å². The van der Waals surface area contributed by atoms with Crippen LogP contribution in [0.4, 0.5) is 0 Å². The minimum Gasteiger partial charge on any atom is -0.344 e. The molecule has 54 valence electrons. The van der Waals surface area contributed by atoms with Crippen LogP contribution in [0, 0.1) is 0 Å². The number of hydrogen-bond donors (Lipinski definition) is 3. The molecule has 9 heavy (non-hydrogen) atoms. The Labute approximate surface area is 60.4 Å². The van der Waals surface area contributed by atoms with E-state index in [4.69, 9.17) is 5.73 Å². The predicted octanol–water partition coefficient (Wildman–Crippen LogP) is -0.271. The summed E-state index contributed by atoms with van der Waals surface area (Å²) in [5, 5.41) is 2.49. The first kappa shape index (κ1) is 8.78. The number of hydrogen-bond acceptors (Lipinski definition) is 3. The van der Waals surface area contributed by atoms with Crippen molar-refractivity contribution in [1.82, 2.24) is 5.32 Å². The lowest BCUT2D eigenvalue weighted by molar-refractivity contribution is -0.121. The Kier molecular flexibility index (Phi) is 5.76. The number of thiol groups is 1. The van der Waals surface area contributed by atoms with Crippen molar-refractivity contribution in [3.63, 3.8) is 0 Å². The molecule has 0 unspecified atom stereocenters. The number of carbonyl (C=O) groups excluding carboxylic acids is 1. The van der Waals surface area contributed by atoms with Gasteiger partial charge in [0, 0.05) is 6.42 Å². The van der Waals surface area contributed by atoms with Gasteiger partial charge in [-0.1, -0.05) is 0 Å². The highest BCUT2D eigenvalue weighted by Gasteiger charge is 1.95. The number of amides is 1. The normalized spacial score (nSPS) is 9.11. The maximum Gasteiger partial charge on any atom is 0.221 e. The van der Waals surface area contributed by atoms with E-state index in [-0.39, 0.29) is 12.6 Å². The topological polar surface area (TPSA) is 55.1 Å². The number of nitrogens with one attached hydrogen (secondary N) is 1. The SMILES string of the molecule is NCNC(=O)CCCS. The summed E-state index contributed by atoms with van der Waals surface area (Å²) in [6.07, 6.45) is 1.34. The van der Waals surface area contributed by atoms with Crippen molar-refractivity contribution in [3.05, 3.63) is 0 Å². The van der Waals surface area contributed by atoms with Crippen molar-refractivity contribution >= 4 is 18.5 Å². The van der Waals surface area contributed by atoms with Gasteiger partial charge in [-0.05, 0) is 12.2 Å². The Morgan fingerprint density at radius 2 is 2.33 bits per heavy atom. The average Bonchev–Trinajstić information content (AvgIpc) is 1.85. The van der Waals surface area contributed by atoms with Crippen LogP contribution in [-0.2, 0) is 4.79 Å². The van der Waals surface area contributed by atoms with Gasteiger partial charge in [-0.3, -0.25) is 4.79 Å². The number of nitrogens with two attached hydrogens (primary N) is 1. The molecule has 0 spiro atoms. The molecule has 0 aliphatic rings. The predicted molar refractivity (Wildman–Crippen MR) is 40.3 cm³/mol. The van der Waals surface area contributed by atoms with Gasteiger partial charge in [-0.15, -0.1) is 0 Å². The molecule has 0 atom stereocenters. The molecular weight excluding hydrogens is 136 g/mol. The van der Waals surface area contributed by atoms with Crippen molar-refractivity contribution in [3.8, 4) is 0 Å². The Morgan fingerprint density at radius 3 is 2.78 bits per heavy atom. The van der Waals surface area contributed by atoms with E-state index in [9.17, 15) is 4.79 Å². The van der Waals surface area contributed by atoms with Crippen molar-refractivity contribution < 1.29 is 4.79 Å². The molecule has 0 fully saturated rings. The van der Waals surface area contributed by atoms with Gasteiger partial charge in [-0.2, -0.15) is 12.6 Å². The fraction of sp³-hybridized carbons (Fsp3) is 0.800. The summed E-state index contributed by atoms with van der Waals surface area (Å²) >= 11 is 3.95. The van der Waals surface area contributed by atoms with Crippen LogP contribution in [0.15, 0.2) is 0 Å². The zero-order valence-corrected chi connectivity index (χ0v) is 6.16. The lowest BCUT2D eigenvalue weighted by Crippen LogP contribution is -2.29. The zero-order valence-electron chi connectivity index (χ0n) is 5.26. The standard InChI is InChI=1S/C5H12N2OS/c6-4-7-5(8)2-1-3-9/h9H,1-4,6H2,(H,7,8). The molecule has 4 heteroatoms. The zero-order chi connectivity index (χ0) is 7.11. The Balaban J connectivity index is 3.06. The van der Waals surface area contributed by atoms with Gasteiger partial charge in [0.25, 0.3) is 0 Å². The monoisotopic (exact) mass is 148 g/mol. The minimum atomic E-state index is 0.00606. The van der Waals surface area contributed by atoms with Crippen LogP contribution in [0.25, 0.3) is 0 Å². The summed E-state index contributed by atoms with van der Waals surface area (Å²) in [5.74, 6) is 0.754. The fourth-order valence-corrected chi connectivity index (χ4v) is 0.600. The average molecular weight is 148 g/mol. The van der Waals surface area contributed by atoms with Crippen LogP contribution in [0.1, 0.15) is 12.8 Å². The number of carbonyl (C=O) groups is 1. The van der Waals surface area contributed by atoms with Crippen LogP contribution in [0.2, 0.25) is 0 Å². The molecule has 0 aliphatic carbocycles. The largest absolute Gasteiger partial charge is 0.344 e. The van der Waals surface area contributed by atoms with Crippen molar-refractivity contribution in [2.75, 3.05) is 12.4 Å². The number of rotatable bonds is 4. The molecule has 0 bridgehead atoms. The molecule has 0 aromatic carbocycles. The summed E-state index contributed by atoms with van der Waals surface area (Å²) < 4.78 is 0. The van der Waals surface area contributed by atoms with Crippen molar-refractivity contribution in [2.24, 2.45) is 5.73 Å². The van der Waals surface area contributed by atoms with Gasteiger partial charge in [0.15, 0.2) is 0 Å². The van der Waals surface area contributed by atoms with Crippen molar-refractivity contribution in [1.29, 1.82) is 0 Å². The molecule has 3 nitrogen and oxygen atoms in total. The lowest BCUT2D eigenvalue weighted by Gasteiger charge is -1.98. The van der Waals surface area contributed by atoms with Crippen LogP contribution in [0.5, 0.6) is 0 Å². The van der Waals surface area contributed by atoms with Crippen LogP contribution >= 0.6 is 12.6 Å². The van der Waals surface area contributed by atoms with Gasteiger partial charge in [0.05, 0.1) is 6.67 Å². The van der Waals surface area contributed by atoms with E-state index < -0.39 is 0 Å². The van der Waals surface area contributed by atoms with Gasteiger partial charge in [0.1, 0.15) is 0 Å². The summed E-state index contributed by atoms with van der Waals surface area (Å²) in [6.45, 7) is 0.228. The van der Waals surface area contributed by atoms with E-state index in [1.807, 2.05) is 0 Å². The quantitative estimate of drug-likeness (QED) is 0.379. The second-order valence-corrected chi connectivity index (χ2v) is 2.08. The third-order valence-electron chi connectivity index (χ3n) is 0.861. The molecule has 0 radical (unpaired) electrons.